The Balaban J connectivity index is 1.89. The number of hydrogen-bond acceptors (Lipinski definition) is 2. The lowest BCUT2D eigenvalue weighted by Crippen LogP contribution is -2.17. The SMILES string of the molecule is CCc1ccc(CN[C@@H](C)c2cccs2)cc1. The summed E-state index contributed by atoms with van der Waals surface area (Å²) in [6.07, 6.45) is 1.11. The molecular weight excluding hydrogens is 226 g/mol. The highest BCUT2D eigenvalue weighted by atomic mass is 32.1. The van der Waals surface area contributed by atoms with E-state index in [1.807, 2.05) is 11.3 Å². The van der Waals surface area contributed by atoms with Gasteiger partial charge < -0.3 is 5.32 Å². The molecule has 1 aromatic carbocycles. The second-order valence-electron chi connectivity index (χ2n) is 4.29. The molecule has 0 aliphatic heterocycles. The number of hydrogen-bond donors (Lipinski definition) is 1. The summed E-state index contributed by atoms with van der Waals surface area (Å²) in [5.74, 6) is 0. The summed E-state index contributed by atoms with van der Waals surface area (Å²) >= 11 is 1.81. The van der Waals surface area contributed by atoms with Gasteiger partial charge in [0.1, 0.15) is 0 Å². The fraction of sp³-hybridized carbons (Fsp3) is 0.333. The van der Waals surface area contributed by atoms with Crippen LogP contribution in [0, 0.1) is 0 Å². The molecule has 0 aliphatic rings. The summed E-state index contributed by atoms with van der Waals surface area (Å²) in [5, 5.41) is 5.68. The maximum atomic E-state index is 3.55. The highest BCUT2D eigenvalue weighted by Gasteiger charge is 2.05. The van der Waals surface area contributed by atoms with Crippen LogP contribution < -0.4 is 5.32 Å². The zero-order valence-corrected chi connectivity index (χ0v) is 11.3. The van der Waals surface area contributed by atoms with Crippen LogP contribution in [0.1, 0.15) is 35.9 Å². The van der Waals surface area contributed by atoms with E-state index in [1.54, 1.807) is 0 Å². The fourth-order valence-electron chi connectivity index (χ4n) is 1.80. The van der Waals surface area contributed by atoms with Crippen molar-refractivity contribution < 1.29 is 0 Å². The third kappa shape index (κ3) is 3.42. The van der Waals surface area contributed by atoms with E-state index in [1.165, 1.54) is 16.0 Å². The van der Waals surface area contributed by atoms with Gasteiger partial charge in [-0.15, -0.1) is 11.3 Å². The third-order valence-electron chi connectivity index (χ3n) is 3.01. The first-order valence-electron chi connectivity index (χ1n) is 6.14. The van der Waals surface area contributed by atoms with E-state index < -0.39 is 0 Å². The average Bonchev–Trinajstić information content (AvgIpc) is 2.90. The Hall–Kier alpha value is -1.12. The van der Waals surface area contributed by atoms with Crippen molar-refractivity contribution in [2.24, 2.45) is 0 Å². The Kier molecular flexibility index (Phi) is 4.35. The Labute approximate surface area is 108 Å². The standard InChI is InChI=1S/C15H19NS/c1-3-13-6-8-14(9-7-13)11-16-12(2)15-5-4-10-17-15/h4-10,12,16H,3,11H2,1-2H3/t12-/m0/s1. The van der Waals surface area contributed by atoms with Crippen LogP contribution >= 0.6 is 11.3 Å². The molecule has 0 saturated heterocycles. The Morgan fingerprint density at radius 3 is 2.41 bits per heavy atom. The van der Waals surface area contributed by atoms with Crippen LogP contribution in [0.2, 0.25) is 0 Å². The molecule has 1 N–H and O–H groups in total. The molecule has 2 aromatic rings. The molecule has 0 aliphatic carbocycles. The first-order valence-corrected chi connectivity index (χ1v) is 7.02. The van der Waals surface area contributed by atoms with Gasteiger partial charge in [0.05, 0.1) is 0 Å². The minimum atomic E-state index is 0.431. The zero-order valence-electron chi connectivity index (χ0n) is 10.4. The van der Waals surface area contributed by atoms with Crippen LogP contribution in [-0.4, -0.2) is 0 Å². The van der Waals surface area contributed by atoms with E-state index in [-0.39, 0.29) is 0 Å². The molecule has 0 radical (unpaired) electrons. The molecule has 2 heteroatoms. The molecule has 1 aromatic heterocycles. The lowest BCUT2D eigenvalue weighted by atomic mass is 10.1. The van der Waals surface area contributed by atoms with Crippen LogP contribution in [0.4, 0.5) is 0 Å². The Morgan fingerprint density at radius 2 is 1.82 bits per heavy atom. The molecule has 17 heavy (non-hydrogen) atoms. The lowest BCUT2D eigenvalue weighted by Gasteiger charge is -2.12. The Bertz CT molecular complexity index is 430. The summed E-state index contributed by atoms with van der Waals surface area (Å²) < 4.78 is 0. The van der Waals surface area contributed by atoms with Crippen molar-refractivity contribution in [3.8, 4) is 0 Å². The molecule has 0 spiro atoms. The summed E-state index contributed by atoms with van der Waals surface area (Å²) in [5.41, 5.74) is 2.76. The third-order valence-corrected chi connectivity index (χ3v) is 4.07. The quantitative estimate of drug-likeness (QED) is 0.834. The minimum absolute atomic E-state index is 0.431. The van der Waals surface area contributed by atoms with Gasteiger partial charge in [0.25, 0.3) is 0 Å². The van der Waals surface area contributed by atoms with Gasteiger partial charge in [-0.1, -0.05) is 37.3 Å². The van der Waals surface area contributed by atoms with Crippen molar-refractivity contribution >= 4 is 11.3 Å². The average molecular weight is 245 g/mol. The van der Waals surface area contributed by atoms with E-state index in [2.05, 4.69) is 60.9 Å². The van der Waals surface area contributed by atoms with Crippen molar-refractivity contribution in [3.05, 3.63) is 57.8 Å². The summed E-state index contributed by atoms with van der Waals surface area (Å²) in [6.45, 7) is 5.33. The van der Waals surface area contributed by atoms with Gasteiger partial charge in [-0.25, -0.2) is 0 Å². The van der Waals surface area contributed by atoms with E-state index in [0.717, 1.165) is 13.0 Å². The van der Waals surface area contributed by atoms with E-state index in [0.29, 0.717) is 6.04 Å². The molecule has 2 rings (SSSR count). The van der Waals surface area contributed by atoms with Crippen molar-refractivity contribution in [3.63, 3.8) is 0 Å². The molecule has 0 unspecified atom stereocenters. The van der Waals surface area contributed by atoms with Gasteiger partial charge in [0, 0.05) is 17.5 Å². The van der Waals surface area contributed by atoms with Gasteiger partial charge in [-0.05, 0) is 35.9 Å². The van der Waals surface area contributed by atoms with Crippen molar-refractivity contribution in [1.82, 2.24) is 5.32 Å². The molecule has 1 heterocycles. The molecule has 1 atom stereocenters. The molecule has 0 fully saturated rings. The summed E-state index contributed by atoms with van der Waals surface area (Å²) in [7, 11) is 0. The van der Waals surface area contributed by atoms with Gasteiger partial charge in [0.15, 0.2) is 0 Å². The van der Waals surface area contributed by atoms with Crippen LogP contribution in [-0.2, 0) is 13.0 Å². The first kappa shape index (κ1) is 12.3. The molecule has 0 amide bonds. The zero-order chi connectivity index (χ0) is 12.1. The summed E-state index contributed by atoms with van der Waals surface area (Å²) in [6, 6.07) is 13.6. The first-order chi connectivity index (χ1) is 8.29. The van der Waals surface area contributed by atoms with Crippen LogP contribution in [0.15, 0.2) is 41.8 Å². The van der Waals surface area contributed by atoms with Crippen LogP contribution in [0.5, 0.6) is 0 Å². The Morgan fingerprint density at radius 1 is 1.12 bits per heavy atom. The van der Waals surface area contributed by atoms with Crippen LogP contribution in [0.25, 0.3) is 0 Å². The molecule has 0 bridgehead atoms. The second-order valence-corrected chi connectivity index (χ2v) is 5.27. The predicted molar refractivity (Wildman–Crippen MR) is 75.4 cm³/mol. The van der Waals surface area contributed by atoms with Crippen molar-refractivity contribution in [1.29, 1.82) is 0 Å². The highest BCUT2D eigenvalue weighted by molar-refractivity contribution is 7.10. The maximum Gasteiger partial charge on any atom is 0.0388 e. The topological polar surface area (TPSA) is 12.0 Å². The smallest absolute Gasteiger partial charge is 0.0388 e. The number of rotatable bonds is 5. The number of aryl methyl sites for hydroxylation is 1. The fourth-order valence-corrected chi connectivity index (χ4v) is 2.56. The van der Waals surface area contributed by atoms with Crippen molar-refractivity contribution in [2.75, 3.05) is 0 Å². The maximum absolute atomic E-state index is 3.55. The number of nitrogens with one attached hydrogen (secondary N) is 1. The normalized spacial score (nSPS) is 12.6. The van der Waals surface area contributed by atoms with Gasteiger partial charge in [-0.3, -0.25) is 0 Å². The number of thiophene rings is 1. The number of benzene rings is 1. The largest absolute Gasteiger partial charge is 0.305 e. The van der Waals surface area contributed by atoms with Crippen LogP contribution in [0.3, 0.4) is 0 Å². The van der Waals surface area contributed by atoms with E-state index >= 15 is 0 Å². The van der Waals surface area contributed by atoms with Crippen molar-refractivity contribution in [2.45, 2.75) is 32.9 Å². The second kappa shape index (κ2) is 5.99. The van der Waals surface area contributed by atoms with E-state index in [9.17, 15) is 0 Å². The molecule has 90 valence electrons. The minimum Gasteiger partial charge on any atom is -0.305 e. The van der Waals surface area contributed by atoms with Gasteiger partial charge in [0.2, 0.25) is 0 Å². The molecular formula is C15H19NS. The molecule has 1 nitrogen and oxygen atoms in total. The highest BCUT2D eigenvalue weighted by Crippen LogP contribution is 2.18. The summed E-state index contributed by atoms with van der Waals surface area (Å²) in [4.78, 5) is 1.40. The monoisotopic (exact) mass is 245 g/mol. The van der Waals surface area contributed by atoms with Gasteiger partial charge >= 0.3 is 0 Å². The predicted octanol–water partition coefficient (Wildman–Crippen LogP) is 4.16. The lowest BCUT2D eigenvalue weighted by molar-refractivity contribution is 0.583. The molecule has 0 saturated carbocycles. The van der Waals surface area contributed by atoms with E-state index in [4.69, 9.17) is 0 Å². The van der Waals surface area contributed by atoms with Gasteiger partial charge in [-0.2, -0.15) is 0 Å².